The zero-order valence-corrected chi connectivity index (χ0v) is 13.1. The van der Waals surface area contributed by atoms with E-state index in [-0.39, 0.29) is 22.8 Å². The molecule has 2 heterocycles. The van der Waals surface area contributed by atoms with E-state index < -0.39 is 17.8 Å². The minimum absolute atomic E-state index is 0.0792. The van der Waals surface area contributed by atoms with Crippen molar-refractivity contribution in [1.82, 2.24) is 9.88 Å². The molecule has 1 atom stereocenters. The predicted octanol–water partition coefficient (Wildman–Crippen LogP) is 1.59. The predicted molar refractivity (Wildman–Crippen MR) is 82.5 cm³/mol. The fourth-order valence-corrected chi connectivity index (χ4v) is 3.47. The van der Waals surface area contributed by atoms with Crippen LogP contribution in [0, 0.1) is 0 Å². The molecule has 116 valence electrons. The molecule has 7 heteroatoms. The summed E-state index contributed by atoms with van der Waals surface area (Å²) in [6, 6.07) is 3.12. The van der Waals surface area contributed by atoms with Gasteiger partial charge in [0.25, 0.3) is 5.91 Å². The van der Waals surface area contributed by atoms with Gasteiger partial charge in [-0.3, -0.25) is 19.4 Å². The summed E-state index contributed by atoms with van der Waals surface area (Å²) in [4.78, 5) is 41.6. The van der Waals surface area contributed by atoms with Crippen molar-refractivity contribution in [3.63, 3.8) is 0 Å². The number of hydrogen-bond acceptors (Lipinski definition) is 5. The molecule has 0 aromatic carbocycles. The number of ketones is 1. The van der Waals surface area contributed by atoms with Gasteiger partial charge >= 0.3 is 5.97 Å². The summed E-state index contributed by atoms with van der Waals surface area (Å²) in [5, 5.41) is 8.60. The maximum absolute atomic E-state index is 12.7. The summed E-state index contributed by atoms with van der Waals surface area (Å²) in [5.41, 5.74) is 0.751. The molecule has 1 aliphatic heterocycles. The molecular weight excluding hydrogens is 304 g/mol. The minimum atomic E-state index is -1.12. The maximum atomic E-state index is 12.7. The Bertz CT molecular complexity index is 642. The van der Waals surface area contributed by atoms with E-state index >= 15 is 0 Å². The van der Waals surface area contributed by atoms with Crippen LogP contribution in [0.25, 0.3) is 0 Å². The van der Waals surface area contributed by atoms with Crippen LogP contribution in [0.5, 0.6) is 0 Å². The number of carbonyl (C=O) groups excluding carboxylic acids is 2. The van der Waals surface area contributed by atoms with Crippen molar-refractivity contribution < 1.29 is 19.5 Å². The fraction of sp³-hybridized carbons (Fsp3) is 0.333. The highest BCUT2D eigenvalue weighted by molar-refractivity contribution is 7.99. The van der Waals surface area contributed by atoms with Crippen molar-refractivity contribution in [2.75, 3.05) is 12.8 Å². The Balaban J connectivity index is 2.53. The van der Waals surface area contributed by atoms with E-state index in [2.05, 4.69) is 4.98 Å². The summed E-state index contributed by atoms with van der Waals surface area (Å²) in [7, 11) is 0. The van der Waals surface area contributed by atoms with Crippen molar-refractivity contribution in [2.24, 2.45) is 0 Å². The Hall–Kier alpha value is -2.15. The molecule has 0 unspecified atom stereocenters. The van der Waals surface area contributed by atoms with Gasteiger partial charge in [0.2, 0.25) is 0 Å². The van der Waals surface area contributed by atoms with Crippen LogP contribution in [0.2, 0.25) is 0 Å². The third-order valence-corrected chi connectivity index (χ3v) is 4.39. The van der Waals surface area contributed by atoms with Crippen LogP contribution in [-0.4, -0.2) is 50.8 Å². The number of carboxylic acid groups (broad SMARTS) is 1. The molecule has 1 aromatic rings. The summed E-state index contributed by atoms with van der Waals surface area (Å²) in [6.07, 6.45) is 4.34. The van der Waals surface area contributed by atoms with Gasteiger partial charge in [-0.2, -0.15) is 0 Å². The van der Waals surface area contributed by atoms with Crippen LogP contribution in [0.3, 0.4) is 0 Å². The van der Waals surface area contributed by atoms with Gasteiger partial charge in [-0.1, -0.05) is 0 Å². The molecule has 0 aliphatic carbocycles. The minimum Gasteiger partial charge on any atom is -0.481 e. The number of Topliss-reactive ketones (excluding diaryl/α,β-unsaturated/α-hetero) is 1. The average molecular weight is 320 g/mol. The number of aliphatic carboxylic acids is 1. The first kappa shape index (κ1) is 16.2. The Labute approximate surface area is 132 Å². The second-order valence-corrected chi connectivity index (χ2v) is 5.62. The van der Waals surface area contributed by atoms with Crippen molar-refractivity contribution in [3.8, 4) is 0 Å². The second kappa shape index (κ2) is 6.74. The Kier molecular flexibility index (Phi) is 4.97. The quantitative estimate of drug-likeness (QED) is 0.801. The SMILES string of the molecule is CCN1C(=O)C(CC(=O)O)=C(C(=O)c2ccncc2)[C@H]1SC. The van der Waals surface area contributed by atoms with Gasteiger partial charge in [0, 0.05) is 35.6 Å². The number of hydrogen-bond donors (Lipinski definition) is 1. The molecule has 1 aromatic heterocycles. The molecular formula is C15H16N2O4S. The number of nitrogens with zero attached hydrogens (tertiary/aromatic N) is 2. The van der Waals surface area contributed by atoms with Crippen molar-refractivity contribution in [2.45, 2.75) is 18.7 Å². The first-order valence-electron chi connectivity index (χ1n) is 6.74. The van der Waals surface area contributed by atoms with E-state index in [4.69, 9.17) is 5.11 Å². The third kappa shape index (κ3) is 2.89. The highest BCUT2D eigenvalue weighted by Crippen LogP contribution is 2.35. The fourth-order valence-electron chi connectivity index (χ4n) is 2.48. The van der Waals surface area contributed by atoms with Crippen LogP contribution in [-0.2, 0) is 9.59 Å². The molecule has 1 amide bonds. The summed E-state index contributed by atoms with van der Waals surface area (Å²) < 4.78 is 0. The van der Waals surface area contributed by atoms with Gasteiger partial charge in [0.05, 0.1) is 6.42 Å². The van der Waals surface area contributed by atoms with Crippen LogP contribution >= 0.6 is 11.8 Å². The summed E-state index contributed by atoms with van der Waals surface area (Å²) in [5.74, 6) is -1.81. The van der Waals surface area contributed by atoms with Gasteiger partial charge in [-0.15, -0.1) is 11.8 Å². The standard InChI is InChI=1S/C15H16N2O4S/c1-3-17-14(21)10(8-11(18)19)12(15(17)22-2)13(20)9-4-6-16-7-5-9/h4-7,15H,3,8H2,1-2H3,(H,18,19)/t15-/m1/s1. The smallest absolute Gasteiger partial charge is 0.308 e. The largest absolute Gasteiger partial charge is 0.481 e. The van der Waals surface area contributed by atoms with E-state index in [0.717, 1.165) is 0 Å². The van der Waals surface area contributed by atoms with Crippen LogP contribution < -0.4 is 0 Å². The monoisotopic (exact) mass is 320 g/mol. The van der Waals surface area contributed by atoms with Crippen LogP contribution in [0.1, 0.15) is 23.7 Å². The summed E-state index contributed by atoms with van der Waals surface area (Å²) in [6.45, 7) is 2.22. The zero-order chi connectivity index (χ0) is 16.3. The maximum Gasteiger partial charge on any atom is 0.308 e. The number of amides is 1. The lowest BCUT2D eigenvalue weighted by atomic mass is 9.99. The Morgan fingerprint density at radius 2 is 2.00 bits per heavy atom. The van der Waals surface area contributed by atoms with Gasteiger partial charge in [-0.05, 0) is 25.3 Å². The molecule has 0 saturated carbocycles. The Morgan fingerprint density at radius 3 is 2.50 bits per heavy atom. The normalized spacial score (nSPS) is 18.0. The van der Waals surface area contributed by atoms with E-state index in [0.29, 0.717) is 12.1 Å². The van der Waals surface area contributed by atoms with Crippen LogP contribution in [0.4, 0.5) is 0 Å². The Morgan fingerprint density at radius 1 is 1.36 bits per heavy atom. The molecule has 6 nitrogen and oxygen atoms in total. The number of carboxylic acids is 1. The lowest BCUT2D eigenvalue weighted by Crippen LogP contribution is -2.34. The van der Waals surface area contributed by atoms with Gasteiger partial charge < -0.3 is 10.0 Å². The first-order valence-corrected chi connectivity index (χ1v) is 8.03. The lowest BCUT2D eigenvalue weighted by Gasteiger charge is -2.23. The molecule has 0 fully saturated rings. The highest BCUT2D eigenvalue weighted by Gasteiger charge is 2.41. The zero-order valence-electron chi connectivity index (χ0n) is 12.3. The number of thioether (sulfide) groups is 1. The number of carbonyl (C=O) groups is 3. The van der Waals surface area contributed by atoms with Gasteiger partial charge in [-0.25, -0.2) is 0 Å². The lowest BCUT2D eigenvalue weighted by molar-refractivity contribution is -0.137. The number of pyridine rings is 1. The molecule has 0 bridgehead atoms. The van der Waals surface area contributed by atoms with Gasteiger partial charge in [0.1, 0.15) is 5.37 Å². The van der Waals surface area contributed by atoms with Crippen molar-refractivity contribution >= 4 is 29.4 Å². The van der Waals surface area contributed by atoms with E-state index in [1.165, 1.54) is 29.1 Å². The van der Waals surface area contributed by atoms with Crippen LogP contribution in [0.15, 0.2) is 35.7 Å². The number of likely N-dealkylation sites (N-methyl/N-ethyl adjacent to an activating group) is 1. The molecule has 1 N–H and O–H groups in total. The highest BCUT2D eigenvalue weighted by atomic mass is 32.2. The summed E-state index contributed by atoms with van der Waals surface area (Å²) >= 11 is 1.35. The molecule has 0 spiro atoms. The third-order valence-electron chi connectivity index (χ3n) is 3.45. The van der Waals surface area contributed by atoms with Crippen molar-refractivity contribution in [3.05, 3.63) is 41.2 Å². The second-order valence-electron chi connectivity index (χ2n) is 4.71. The first-order chi connectivity index (χ1) is 10.5. The molecule has 0 saturated heterocycles. The number of aromatic nitrogens is 1. The topological polar surface area (TPSA) is 87.6 Å². The van der Waals surface area contributed by atoms with Gasteiger partial charge in [0.15, 0.2) is 5.78 Å². The molecule has 1 aliphatic rings. The van der Waals surface area contributed by atoms with E-state index in [1.807, 2.05) is 0 Å². The molecule has 0 radical (unpaired) electrons. The number of rotatable bonds is 6. The van der Waals surface area contributed by atoms with E-state index in [1.54, 1.807) is 25.3 Å². The van der Waals surface area contributed by atoms with E-state index in [9.17, 15) is 14.4 Å². The van der Waals surface area contributed by atoms with Crippen molar-refractivity contribution in [1.29, 1.82) is 0 Å². The molecule has 2 rings (SSSR count). The average Bonchev–Trinajstić information content (AvgIpc) is 2.78. The molecule has 22 heavy (non-hydrogen) atoms.